The molecule has 0 amide bonds. The Balaban J connectivity index is 3.29. The van der Waals surface area contributed by atoms with Gasteiger partial charge in [0, 0.05) is 6.54 Å². The number of phenolic OH excluding ortho intramolecular Hbond substituents is 1. The topological polar surface area (TPSA) is 46.2 Å². The van der Waals surface area contributed by atoms with Crippen LogP contribution in [0.3, 0.4) is 0 Å². The highest BCUT2D eigenvalue weighted by Gasteiger charge is 2.18. The third-order valence-electron chi connectivity index (χ3n) is 2.48. The number of hydrogen-bond donors (Lipinski definition) is 2. The highest BCUT2D eigenvalue weighted by molar-refractivity contribution is 5.44. The molecule has 0 aromatic heterocycles. The maximum Gasteiger partial charge on any atom is 0.119 e. The van der Waals surface area contributed by atoms with E-state index in [9.17, 15) is 5.11 Å². The molecular weight excluding hydrogens is 174 g/mol. The fourth-order valence-electron chi connectivity index (χ4n) is 1.56. The van der Waals surface area contributed by atoms with Crippen molar-refractivity contribution in [2.75, 3.05) is 0 Å². The van der Waals surface area contributed by atoms with Gasteiger partial charge in [-0.05, 0) is 35.1 Å². The molecule has 0 radical (unpaired) electrons. The quantitative estimate of drug-likeness (QED) is 0.719. The van der Waals surface area contributed by atoms with E-state index in [1.807, 2.05) is 13.0 Å². The number of benzene rings is 1. The molecule has 0 saturated carbocycles. The van der Waals surface area contributed by atoms with Crippen LogP contribution in [0, 0.1) is 6.92 Å². The number of aromatic hydroxyl groups is 1. The first kappa shape index (κ1) is 11.1. The minimum absolute atomic E-state index is 0.0258. The smallest absolute Gasteiger partial charge is 0.119 e. The maximum atomic E-state index is 9.83. The molecule has 0 fully saturated rings. The van der Waals surface area contributed by atoms with Gasteiger partial charge in [0.1, 0.15) is 5.75 Å². The molecule has 1 aromatic carbocycles. The Morgan fingerprint density at radius 3 is 2.29 bits per heavy atom. The van der Waals surface area contributed by atoms with Gasteiger partial charge in [-0.25, -0.2) is 0 Å². The van der Waals surface area contributed by atoms with E-state index in [0.717, 1.165) is 16.7 Å². The zero-order valence-electron chi connectivity index (χ0n) is 9.39. The van der Waals surface area contributed by atoms with Crippen LogP contribution in [0.1, 0.15) is 37.5 Å². The van der Waals surface area contributed by atoms with Gasteiger partial charge in [0.25, 0.3) is 0 Å². The maximum absolute atomic E-state index is 9.83. The van der Waals surface area contributed by atoms with Gasteiger partial charge in [0.2, 0.25) is 0 Å². The SMILES string of the molecule is Cc1cc(C(C)(C)C)c(O)cc1CN. The van der Waals surface area contributed by atoms with Crippen molar-refractivity contribution in [2.45, 2.75) is 39.7 Å². The fourth-order valence-corrected chi connectivity index (χ4v) is 1.56. The molecule has 0 aliphatic heterocycles. The van der Waals surface area contributed by atoms with E-state index >= 15 is 0 Å². The van der Waals surface area contributed by atoms with Crippen LogP contribution in [0.4, 0.5) is 0 Å². The summed E-state index contributed by atoms with van der Waals surface area (Å²) in [4.78, 5) is 0. The second kappa shape index (κ2) is 3.62. The fraction of sp³-hybridized carbons (Fsp3) is 0.500. The Hall–Kier alpha value is -1.02. The predicted molar refractivity (Wildman–Crippen MR) is 59.4 cm³/mol. The zero-order chi connectivity index (χ0) is 10.9. The summed E-state index contributed by atoms with van der Waals surface area (Å²) in [6.07, 6.45) is 0. The summed E-state index contributed by atoms with van der Waals surface area (Å²) in [6, 6.07) is 3.80. The molecular formula is C12H19NO. The molecule has 0 unspecified atom stereocenters. The molecule has 0 spiro atoms. The molecule has 78 valence electrons. The minimum Gasteiger partial charge on any atom is -0.508 e. The number of rotatable bonds is 1. The standard InChI is InChI=1S/C12H19NO/c1-8-5-10(12(2,3)4)11(14)6-9(8)7-13/h5-6,14H,7,13H2,1-4H3. The van der Waals surface area contributed by atoms with Crippen molar-refractivity contribution in [3.63, 3.8) is 0 Å². The Morgan fingerprint density at radius 2 is 1.86 bits per heavy atom. The number of nitrogens with two attached hydrogens (primary N) is 1. The van der Waals surface area contributed by atoms with E-state index in [-0.39, 0.29) is 5.41 Å². The van der Waals surface area contributed by atoms with E-state index in [0.29, 0.717) is 12.3 Å². The summed E-state index contributed by atoms with van der Waals surface area (Å²) in [7, 11) is 0. The molecule has 0 bridgehead atoms. The van der Waals surface area contributed by atoms with Crippen LogP contribution in [0.2, 0.25) is 0 Å². The first-order valence-electron chi connectivity index (χ1n) is 4.89. The van der Waals surface area contributed by atoms with E-state index in [2.05, 4.69) is 20.8 Å². The van der Waals surface area contributed by atoms with Gasteiger partial charge in [-0.1, -0.05) is 26.8 Å². The normalized spacial score (nSPS) is 11.8. The summed E-state index contributed by atoms with van der Waals surface area (Å²) in [6.45, 7) is 8.76. The Labute approximate surface area is 85.8 Å². The molecule has 2 nitrogen and oxygen atoms in total. The lowest BCUT2D eigenvalue weighted by Crippen LogP contribution is -2.12. The van der Waals surface area contributed by atoms with Crippen LogP contribution in [-0.2, 0) is 12.0 Å². The highest BCUT2D eigenvalue weighted by atomic mass is 16.3. The van der Waals surface area contributed by atoms with E-state index < -0.39 is 0 Å². The second-order valence-electron chi connectivity index (χ2n) is 4.75. The number of phenols is 1. The van der Waals surface area contributed by atoms with E-state index in [1.54, 1.807) is 6.07 Å². The predicted octanol–water partition coefficient (Wildman–Crippen LogP) is 2.46. The van der Waals surface area contributed by atoms with Crippen LogP contribution in [0.25, 0.3) is 0 Å². The first-order chi connectivity index (χ1) is 6.36. The van der Waals surface area contributed by atoms with Crippen LogP contribution in [-0.4, -0.2) is 5.11 Å². The molecule has 0 saturated heterocycles. The Bertz CT molecular complexity index is 337. The van der Waals surface area contributed by atoms with Crippen LogP contribution in [0.5, 0.6) is 5.75 Å². The van der Waals surface area contributed by atoms with Crippen molar-refractivity contribution in [1.82, 2.24) is 0 Å². The minimum atomic E-state index is -0.0258. The first-order valence-corrected chi connectivity index (χ1v) is 4.89. The van der Waals surface area contributed by atoms with Gasteiger partial charge >= 0.3 is 0 Å². The number of aryl methyl sites for hydroxylation is 1. The van der Waals surface area contributed by atoms with Crippen molar-refractivity contribution in [2.24, 2.45) is 5.73 Å². The molecule has 14 heavy (non-hydrogen) atoms. The highest BCUT2D eigenvalue weighted by Crippen LogP contribution is 2.32. The average Bonchev–Trinajstić information content (AvgIpc) is 2.06. The van der Waals surface area contributed by atoms with Crippen molar-refractivity contribution in [1.29, 1.82) is 0 Å². The lowest BCUT2D eigenvalue weighted by Gasteiger charge is -2.22. The van der Waals surface area contributed by atoms with E-state index in [1.165, 1.54) is 0 Å². The lowest BCUT2D eigenvalue weighted by molar-refractivity contribution is 0.445. The Kier molecular flexibility index (Phi) is 2.86. The second-order valence-corrected chi connectivity index (χ2v) is 4.75. The molecule has 2 heteroatoms. The molecule has 0 aliphatic rings. The van der Waals surface area contributed by atoms with Crippen molar-refractivity contribution >= 4 is 0 Å². The Morgan fingerprint density at radius 1 is 1.29 bits per heavy atom. The van der Waals surface area contributed by atoms with Gasteiger partial charge < -0.3 is 10.8 Å². The molecule has 3 N–H and O–H groups in total. The molecule has 1 rings (SSSR count). The zero-order valence-corrected chi connectivity index (χ0v) is 9.39. The van der Waals surface area contributed by atoms with Gasteiger partial charge in [0.05, 0.1) is 0 Å². The number of hydrogen-bond acceptors (Lipinski definition) is 2. The van der Waals surface area contributed by atoms with Crippen LogP contribution in [0.15, 0.2) is 12.1 Å². The molecule has 0 heterocycles. The van der Waals surface area contributed by atoms with Crippen molar-refractivity contribution in [3.05, 3.63) is 28.8 Å². The summed E-state index contributed by atoms with van der Waals surface area (Å²) in [5.41, 5.74) is 8.68. The molecule has 0 aliphatic carbocycles. The van der Waals surface area contributed by atoms with Gasteiger partial charge in [-0.2, -0.15) is 0 Å². The average molecular weight is 193 g/mol. The molecule has 0 atom stereocenters. The third-order valence-corrected chi connectivity index (χ3v) is 2.48. The van der Waals surface area contributed by atoms with Crippen molar-refractivity contribution in [3.8, 4) is 5.75 Å². The summed E-state index contributed by atoms with van der Waals surface area (Å²) < 4.78 is 0. The summed E-state index contributed by atoms with van der Waals surface area (Å²) >= 11 is 0. The van der Waals surface area contributed by atoms with Crippen LogP contribution >= 0.6 is 0 Å². The monoisotopic (exact) mass is 193 g/mol. The molecule has 1 aromatic rings. The summed E-state index contributed by atoms with van der Waals surface area (Å²) in [5.74, 6) is 0.351. The van der Waals surface area contributed by atoms with E-state index in [4.69, 9.17) is 5.73 Å². The van der Waals surface area contributed by atoms with Gasteiger partial charge in [-0.15, -0.1) is 0 Å². The largest absolute Gasteiger partial charge is 0.508 e. The third kappa shape index (κ3) is 2.07. The van der Waals surface area contributed by atoms with Gasteiger partial charge in [0.15, 0.2) is 0 Å². The lowest BCUT2D eigenvalue weighted by atomic mass is 9.84. The van der Waals surface area contributed by atoms with Gasteiger partial charge in [-0.3, -0.25) is 0 Å². The summed E-state index contributed by atoms with van der Waals surface area (Å²) in [5, 5.41) is 9.83. The van der Waals surface area contributed by atoms with Crippen LogP contribution < -0.4 is 5.73 Å². The van der Waals surface area contributed by atoms with Crippen molar-refractivity contribution < 1.29 is 5.11 Å².